The molecule has 0 aromatic heterocycles. The Bertz CT molecular complexity index is 1010. The Hall–Kier alpha value is -3.93. The molecular formula is C18H17N5O6S. The molecule has 0 fully saturated rings. The van der Waals surface area contributed by atoms with Crippen molar-refractivity contribution in [3.05, 3.63) is 73.8 Å². The minimum Gasteiger partial charge on any atom is -0.350 e. The van der Waals surface area contributed by atoms with Crippen LogP contribution in [-0.4, -0.2) is 32.8 Å². The summed E-state index contributed by atoms with van der Waals surface area (Å²) in [6.07, 6.45) is 0. The topological polar surface area (TPSA) is 157 Å². The summed E-state index contributed by atoms with van der Waals surface area (Å²) >= 11 is 5.07. The van der Waals surface area contributed by atoms with E-state index >= 15 is 0 Å². The van der Waals surface area contributed by atoms with E-state index < -0.39 is 27.1 Å². The number of carbonyl (C=O) groups excluding carboxylic acids is 2. The molecule has 0 bridgehead atoms. The Morgan fingerprint density at radius 3 is 2.07 bits per heavy atom. The lowest BCUT2D eigenvalue weighted by atomic mass is 10.1. The van der Waals surface area contributed by atoms with Crippen LogP contribution in [0, 0.1) is 20.2 Å². The lowest BCUT2D eigenvalue weighted by Gasteiger charge is -2.14. The van der Waals surface area contributed by atoms with Crippen molar-refractivity contribution in [2.75, 3.05) is 5.32 Å². The summed E-state index contributed by atoms with van der Waals surface area (Å²) < 4.78 is 0. The van der Waals surface area contributed by atoms with Crippen molar-refractivity contribution in [1.29, 1.82) is 0 Å². The van der Waals surface area contributed by atoms with Crippen molar-refractivity contribution in [3.63, 3.8) is 0 Å². The summed E-state index contributed by atoms with van der Waals surface area (Å²) in [4.78, 5) is 44.9. The molecule has 11 nitrogen and oxygen atoms in total. The number of nitro groups is 2. The van der Waals surface area contributed by atoms with Crippen molar-refractivity contribution in [1.82, 2.24) is 10.6 Å². The van der Waals surface area contributed by atoms with E-state index in [1.807, 2.05) is 0 Å². The van der Waals surface area contributed by atoms with E-state index in [-0.39, 0.29) is 28.2 Å². The molecule has 0 spiro atoms. The number of rotatable bonds is 6. The van der Waals surface area contributed by atoms with E-state index in [2.05, 4.69) is 16.0 Å². The second-order valence-corrected chi connectivity index (χ2v) is 6.74. The highest BCUT2D eigenvalue weighted by atomic mass is 32.1. The number of nitrogens with zero attached hydrogens (tertiary/aromatic N) is 2. The van der Waals surface area contributed by atoms with Crippen molar-refractivity contribution in [3.8, 4) is 0 Å². The maximum Gasteiger partial charge on any atom is 0.277 e. The van der Waals surface area contributed by atoms with E-state index in [9.17, 15) is 29.8 Å². The van der Waals surface area contributed by atoms with Crippen molar-refractivity contribution in [2.24, 2.45) is 0 Å². The van der Waals surface area contributed by atoms with Crippen LogP contribution in [0.5, 0.6) is 0 Å². The smallest absolute Gasteiger partial charge is 0.277 e. The Kier molecular flexibility index (Phi) is 7.09. The Morgan fingerprint density at radius 2 is 1.53 bits per heavy atom. The number of thiocarbonyl (C=S) groups is 1. The fourth-order valence-corrected chi connectivity index (χ4v) is 2.60. The lowest BCUT2D eigenvalue weighted by Crippen LogP contribution is -2.35. The van der Waals surface area contributed by atoms with Gasteiger partial charge in [-0.15, -0.1) is 0 Å². The molecule has 156 valence electrons. The number of non-ortho nitro benzene ring substituents is 2. The van der Waals surface area contributed by atoms with Gasteiger partial charge in [-0.25, -0.2) is 0 Å². The first-order valence-electron chi connectivity index (χ1n) is 8.54. The first-order valence-corrected chi connectivity index (χ1v) is 8.95. The zero-order chi connectivity index (χ0) is 22.4. The van der Waals surface area contributed by atoms with Gasteiger partial charge >= 0.3 is 0 Å². The first kappa shape index (κ1) is 22.4. The van der Waals surface area contributed by atoms with Crippen molar-refractivity contribution < 1.29 is 19.4 Å². The van der Waals surface area contributed by atoms with Crippen LogP contribution < -0.4 is 16.0 Å². The van der Waals surface area contributed by atoms with Crippen LogP contribution >= 0.6 is 12.2 Å². The number of nitro benzene ring substituents is 2. The molecule has 12 heteroatoms. The number of carbonyl (C=O) groups is 2. The summed E-state index contributed by atoms with van der Waals surface area (Å²) in [6, 6.07) is 8.90. The van der Waals surface area contributed by atoms with E-state index in [4.69, 9.17) is 12.2 Å². The van der Waals surface area contributed by atoms with Gasteiger partial charge in [-0.1, -0.05) is 12.1 Å². The average molecular weight is 431 g/mol. The van der Waals surface area contributed by atoms with Crippen molar-refractivity contribution >= 4 is 46.2 Å². The number of anilines is 1. The van der Waals surface area contributed by atoms with Crippen LogP contribution in [0.2, 0.25) is 0 Å². The molecule has 0 heterocycles. The predicted molar refractivity (Wildman–Crippen MR) is 112 cm³/mol. The summed E-state index contributed by atoms with van der Waals surface area (Å²) in [7, 11) is 0. The second-order valence-electron chi connectivity index (χ2n) is 6.33. The number of amides is 2. The molecule has 0 saturated carbocycles. The van der Waals surface area contributed by atoms with Gasteiger partial charge in [-0.3, -0.25) is 35.1 Å². The number of benzene rings is 2. The molecule has 30 heavy (non-hydrogen) atoms. The third-order valence-corrected chi connectivity index (χ3v) is 3.86. The molecule has 0 aliphatic rings. The Balaban J connectivity index is 2.20. The molecule has 2 amide bonds. The average Bonchev–Trinajstić information content (AvgIpc) is 2.67. The minimum atomic E-state index is -0.886. The van der Waals surface area contributed by atoms with Gasteiger partial charge in [-0.2, -0.15) is 0 Å². The van der Waals surface area contributed by atoms with Gasteiger partial charge in [0.25, 0.3) is 23.2 Å². The molecular weight excluding hydrogens is 414 g/mol. The molecule has 0 atom stereocenters. The fourth-order valence-electron chi connectivity index (χ4n) is 2.40. The highest BCUT2D eigenvalue weighted by molar-refractivity contribution is 7.80. The van der Waals surface area contributed by atoms with Gasteiger partial charge in [0, 0.05) is 18.2 Å². The predicted octanol–water partition coefficient (Wildman–Crippen LogP) is 2.77. The molecule has 2 aromatic rings. The standard InChI is InChI=1S/C18H17N5O6S/c1-10(2)19-17(25)14-5-3-4-6-15(14)20-18(30)21-16(24)11-7-12(22(26)27)9-13(8-11)23(28)29/h3-10H,1-2H3,(H,19,25)(H2,20,21,24,30). The zero-order valence-corrected chi connectivity index (χ0v) is 16.7. The monoisotopic (exact) mass is 431 g/mol. The van der Waals surface area contributed by atoms with Gasteiger partial charge in [-0.05, 0) is 38.2 Å². The van der Waals surface area contributed by atoms with Gasteiger partial charge in [0.2, 0.25) is 0 Å². The van der Waals surface area contributed by atoms with Crippen LogP contribution in [0.1, 0.15) is 34.6 Å². The third-order valence-electron chi connectivity index (χ3n) is 3.65. The van der Waals surface area contributed by atoms with Crippen LogP contribution in [0.4, 0.5) is 17.1 Å². The van der Waals surface area contributed by atoms with Gasteiger partial charge < -0.3 is 10.6 Å². The summed E-state index contributed by atoms with van der Waals surface area (Å²) in [5, 5.41) is 29.5. The van der Waals surface area contributed by atoms with Crippen LogP contribution in [-0.2, 0) is 0 Å². The molecule has 2 rings (SSSR count). The van der Waals surface area contributed by atoms with E-state index in [0.29, 0.717) is 5.69 Å². The Labute approximate surface area is 175 Å². The van der Waals surface area contributed by atoms with Gasteiger partial charge in [0.05, 0.1) is 32.7 Å². The molecule has 0 aliphatic heterocycles. The van der Waals surface area contributed by atoms with Crippen LogP contribution in [0.3, 0.4) is 0 Å². The summed E-state index contributed by atoms with van der Waals surface area (Å²) in [5.41, 5.74) is -0.918. The molecule has 3 N–H and O–H groups in total. The van der Waals surface area contributed by atoms with E-state index in [0.717, 1.165) is 18.2 Å². The largest absolute Gasteiger partial charge is 0.350 e. The highest BCUT2D eigenvalue weighted by Gasteiger charge is 2.21. The van der Waals surface area contributed by atoms with Crippen LogP contribution in [0.15, 0.2) is 42.5 Å². The van der Waals surface area contributed by atoms with Crippen molar-refractivity contribution in [2.45, 2.75) is 19.9 Å². The molecule has 0 aliphatic carbocycles. The summed E-state index contributed by atoms with van der Waals surface area (Å²) in [6.45, 7) is 3.61. The number of nitrogens with one attached hydrogen (secondary N) is 3. The maximum atomic E-state index is 12.4. The van der Waals surface area contributed by atoms with E-state index in [1.54, 1.807) is 38.1 Å². The maximum absolute atomic E-state index is 12.4. The van der Waals surface area contributed by atoms with E-state index in [1.165, 1.54) is 0 Å². The van der Waals surface area contributed by atoms with Gasteiger partial charge in [0.1, 0.15) is 0 Å². The lowest BCUT2D eigenvalue weighted by molar-refractivity contribution is -0.394. The summed E-state index contributed by atoms with van der Waals surface area (Å²) in [5.74, 6) is -1.24. The quantitative estimate of drug-likeness (QED) is 0.358. The number of para-hydroxylation sites is 1. The molecule has 2 aromatic carbocycles. The van der Waals surface area contributed by atoms with Gasteiger partial charge in [0.15, 0.2) is 5.11 Å². The third kappa shape index (κ3) is 5.78. The first-order chi connectivity index (χ1) is 14.1. The van der Waals surface area contributed by atoms with Crippen LogP contribution in [0.25, 0.3) is 0 Å². The normalized spacial score (nSPS) is 10.2. The Morgan fingerprint density at radius 1 is 0.967 bits per heavy atom. The zero-order valence-electron chi connectivity index (χ0n) is 15.9. The fraction of sp³-hybridized carbons (Fsp3) is 0.167. The second kappa shape index (κ2) is 9.52. The highest BCUT2D eigenvalue weighted by Crippen LogP contribution is 2.22. The minimum absolute atomic E-state index is 0.0955. The SMILES string of the molecule is CC(C)NC(=O)c1ccccc1NC(=S)NC(=O)c1cc([N+](=O)[O-])cc([N+](=O)[O-])c1. The molecule has 0 radical (unpaired) electrons. The molecule has 0 saturated heterocycles. The number of hydrogen-bond donors (Lipinski definition) is 3. The number of hydrogen-bond acceptors (Lipinski definition) is 7. The molecule has 0 unspecified atom stereocenters.